The Bertz CT molecular complexity index is 1640. The van der Waals surface area contributed by atoms with Crippen LogP contribution in [-0.4, -0.2) is 166 Å². The topological polar surface area (TPSA) is 142 Å². The van der Waals surface area contributed by atoms with E-state index >= 15 is 0 Å². The van der Waals surface area contributed by atoms with Crippen LogP contribution in [0, 0.1) is 46.8 Å². The Morgan fingerprint density at radius 3 is 0.636 bits per heavy atom. The molecule has 0 aromatic carbocycles. The lowest BCUT2D eigenvalue weighted by Crippen LogP contribution is -2.66. The first-order chi connectivity index (χ1) is 36.4. The Morgan fingerprint density at radius 2 is 0.481 bits per heavy atom. The number of piperidine rings is 4. The van der Waals surface area contributed by atoms with E-state index in [-0.39, 0.29) is 41.4 Å². The highest BCUT2D eigenvalue weighted by molar-refractivity contribution is 5.81. The van der Waals surface area contributed by atoms with Crippen LogP contribution in [0.25, 0.3) is 0 Å². The van der Waals surface area contributed by atoms with Crippen molar-refractivity contribution in [2.24, 2.45) is 46.8 Å². The summed E-state index contributed by atoms with van der Waals surface area (Å²) in [7, 11) is 0. The molecule has 9 rings (SSSR count). The summed E-state index contributed by atoms with van der Waals surface area (Å²) >= 11 is 0. The minimum Gasteiger partial charge on any atom is -0.342 e. The fourth-order valence-corrected chi connectivity index (χ4v) is 11.4. The molecule has 0 radical (unpaired) electrons. The number of amides is 7. The Balaban J connectivity index is 0.000000237. The zero-order chi connectivity index (χ0) is 57.5. The van der Waals surface area contributed by atoms with Crippen LogP contribution in [0.2, 0.25) is 0 Å². The molecular formula is C63H115N7O7. The van der Waals surface area contributed by atoms with Gasteiger partial charge in [-0.1, -0.05) is 103 Å². The van der Waals surface area contributed by atoms with Gasteiger partial charge in [-0.25, -0.2) is 0 Å². The molecule has 2 aliphatic carbocycles. The largest absolute Gasteiger partial charge is 0.342 e. The number of rotatable bonds is 7. The van der Waals surface area contributed by atoms with Crippen LogP contribution in [0.1, 0.15) is 225 Å². The van der Waals surface area contributed by atoms with E-state index in [1.165, 1.54) is 128 Å². The van der Waals surface area contributed by atoms with Gasteiger partial charge in [0.25, 0.3) is 0 Å². The molecule has 0 unspecified atom stereocenters. The van der Waals surface area contributed by atoms with Gasteiger partial charge in [0.2, 0.25) is 41.4 Å². The Morgan fingerprint density at radius 1 is 0.247 bits per heavy atom. The predicted octanol–water partition coefficient (Wildman–Crippen LogP) is 10.9. The van der Waals surface area contributed by atoms with Gasteiger partial charge in [0.1, 0.15) is 0 Å². The highest BCUT2D eigenvalue weighted by Crippen LogP contribution is 2.49. The molecule has 444 valence electrons. The minimum absolute atomic E-state index is 0.174. The maximum atomic E-state index is 11.7. The van der Waals surface area contributed by atoms with Crippen molar-refractivity contribution in [3.63, 3.8) is 0 Å². The number of hydrogen-bond donors (Lipinski definition) is 0. The molecule has 77 heavy (non-hydrogen) atoms. The van der Waals surface area contributed by atoms with E-state index in [0.29, 0.717) is 52.3 Å². The van der Waals surface area contributed by atoms with Crippen molar-refractivity contribution in [3.8, 4) is 0 Å². The van der Waals surface area contributed by atoms with Crippen LogP contribution < -0.4 is 0 Å². The highest BCUT2D eigenvalue weighted by Gasteiger charge is 2.51. The summed E-state index contributed by atoms with van der Waals surface area (Å²) in [4.78, 5) is 93.9. The van der Waals surface area contributed by atoms with E-state index < -0.39 is 0 Å². The second-order valence-electron chi connectivity index (χ2n) is 26.2. The molecule has 2 spiro atoms. The molecule has 9 aliphatic rings. The zero-order valence-electron chi connectivity index (χ0n) is 51.9. The fourth-order valence-electron chi connectivity index (χ4n) is 11.4. The Hall–Kier alpha value is -3.71. The molecule has 0 aromatic rings. The molecule has 0 aromatic heterocycles. The van der Waals surface area contributed by atoms with Gasteiger partial charge in [-0.05, 0) is 122 Å². The third-order valence-electron chi connectivity index (χ3n) is 17.0. The summed E-state index contributed by atoms with van der Waals surface area (Å²) in [5, 5.41) is 0. The summed E-state index contributed by atoms with van der Waals surface area (Å²) in [5.41, 5.74) is 0.936. The summed E-state index contributed by atoms with van der Waals surface area (Å²) in [5.74, 6) is 3.55. The molecule has 0 bridgehead atoms. The molecule has 7 saturated heterocycles. The van der Waals surface area contributed by atoms with Crippen LogP contribution in [-0.2, 0) is 33.6 Å². The molecule has 14 nitrogen and oxygen atoms in total. The average molecular weight is 1080 g/mol. The quantitative estimate of drug-likeness (QED) is 0.247. The van der Waals surface area contributed by atoms with Crippen LogP contribution in [0.5, 0.6) is 0 Å². The fraction of sp³-hybridized carbons (Fsp3) is 0.889. The molecule has 7 amide bonds. The SMILES string of the molecule is CC(C)C(=O)N1CC2(CCC2)C1.CC(C)C(=O)N1CCC1.CC(C)C(=O)N1CCC12CCC2.CC(C)C(=O)N1CCCCC1.CC(C)C(=O)N1CCCCC1.CC(C)C(=O)N1CCCCC1.CC(C)C(=O)N1CCCCC1. The summed E-state index contributed by atoms with van der Waals surface area (Å²) < 4.78 is 0. The van der Waals surface area contributed by atoms with Crippen molar-refractivity contribution in [1.29, 1.82) is 0 Å². The first-order valence-corrected chi connectivity index (χ1v) is 31.4. The van der Waals surface area contributed by atoms with E-state index in [2.05, 4.69) is 4.90 Å². The second kappa shape index (κ2) is 33.8. The van der Waals surface area contributed by atoms with E-state index in [0.717, 1.165) is 85.1 Å². The van der Waals surface area contributed by atoms with Crippen molar-refractivity contribution in [1.82, 2.24) is 34.3 Å². The van der Waals surface area contributed by atoms with Gasteiger partial charge >= 0.3 is 0 Å². The van der Waals surface area contributed by atoms with Crippen LogP contribution in [0.4, 0.5) is 0 Å². The van der Waals surface area contributed by atoms with E-state index in [9.17, 15) is 33.6 Å². The van der Waals surface area contributed by atoms with Crippen LogP contribution in [0.15, 0.2) is 0 Å². The van der Waals surface area contributed by atoms with Crippen LogP contribution >= 0.6 is 0 Å². The van der Waals surface area contributed by atoms with Gasteiger partial charge in [0.05, 0.1) is 0 Å². The maximum Gasteiger partial charge on any atom is 0.225 e. The van der Waals surface area contributed by atoms with Gasteiger partial charge in [0, 0.05) is 137 Å². The first-order valence-electron chi connectivity index (χ1n) is 31.4. The smallest absolute Gasteiger partial charge is 0.225 e. The molecule has 7 heterocycles. The Kier molecular flexibility index (Phi) is 29.6. The standard InChI is InChI=1S/2C10H17NO.4C9H17NO.C7H13NO/c1-8(2)9(12)11-6-10(7-11)4-3-5-10;1-8(2)9(12)11-7-6-10(11)4-3-5-10;4*1-8(2)9(11)10-6-4-3-5-7-10;1-6(2)7(9)8-4-3-5-8/h2*8H,3-7H2,1-2H3;4*8H,3-7H2,1-2H3;6H,3-5H2,1-2H3. The second-order valence-corrected chi connectivity index (χ2v) is 26.2. The molecule has 14 heteroatoms. The van der Waals surface area contributed by atoms with Crippen molar-refractivity contribution < 1.29 is 33.6 Å². The number of hydrogen-bond acceptors (Lipinski definition) is 7. The minimum atomic E-state index is 0.174. The van der Waals surface area contributed by atoms with Gasteiger partial charge in [-0.2, -0.15) is 0 Å². The van der Waals surface area contributed by atoms with Crippen molar-refractivity contribution in [3.05, 3.63) is 0 Å². The maximum absolute atomic E-state index is 11.7. The summed E-state index contributed by atoms with van der Waals surface area (Å²) in [6, 6.07) is 0. The predicted molar refractivity (Wildman–Crippen MR) is 313 cm³/mol. The lowest BCUT2D eigenvalue weighted by Gasteiger charge is -2.59. The average Bonchev–Trinajstić information content (AvgIpc) is 3.35. The molecule has 7 aliphatic heterocycles. The summed E-state index contributed by atoms with van der Waals surface area (Å²) in [6.07, 6.45) is 25.1. The monoisotopic (exact) mass is 1080 g/mol. The van der Waals surface area contributed by atoms with Crippen molar-refractivity contribution in [2.75, 3.05) is 85.1 Å². The highest BCUT2D eigenvalue weighted by atomic mass is 16.2. The van der Waals surface area contributed by atoms with Crippen molar-refractivity contribution >= 4 is 41.4 Å². The molecule has 9 fully saturated rings. The lowest BCUT2D eigenvalue weighted by molar-refractivity contribution is -0.159. The number of likely N-dealkylation sites (tertiary alicyclic amines) is 7. The first kappa shape index (κ1) is 67.6. The molecule has 2 saturated carbocycles. The summed E-state index contributed by atoms with van der Waals surface area (Å²) in [6.45, 7) is 40.5. The van der Waals surface area contributed by atoms with E-state index in [4.69, 9.17) is 0 Å². The third kappa shape index (κ3) is 21.7. The Labute approximate surface area is 470 Å². The number of nitrogens with zero attached hydrogens (tertiary/aromatic N) is 7. The number of carbonyl (C=O) groups excluding carboxylic acids is 7. The molecule has 0 N–H and O–H groups in total. The third-order valence-corrected chi connectivity index (χ3v) is 17.0. The van der Waals surface area contributed by atoms with Gasteiger partial charge in [0.15, 0.2) is 0 Å². The number of carbonyl (C=O) groups is 7. The normalized spacial score (nSPS) is 20.9. The molecular weight excluding hydrogens is 967 g/mol. The van der Waals surface area contributed by atoms with Crippen molar-refractivity contribution in [2.45, 2.75) is 231 Å². The van der Waals surface area contributed by atoms with Gasteiger partial charge < -0.3 is 34.3 Å². The zero-order valence-corrected chi connectivity index (χ0v) is 51.9. The molecule has 0 atom stereocenters. The van der Waals surface area contributed by atoms with Gasteiger partial charge in [-0.15, -0.1) is 0 Å². The van der Waals surface area contributed by atoms with Gasteiger partial charge in [-0.3, -0.25) is 33.6 Å². The lowest BCUT2D eigenvalue weighted by atomic mass is 9.63. The van der Waals surface area contributed by atoms with E-state index in [1.807, 2.05) is 126 Å². The van der Waals surface area contributed by atoms with E-state index in [1.54, 1.807) is 0 Å². The van der Waals surface area contributed by atoms with Crippen LogP contribution in [0.3, 0.4) is 0 Å².